The third kappa shape index (κ3) is 5.66. The lowest BCUT2D eigenvalue weighted by Crippen LogP contribution is -2.44. The van der Waals surface area contributed by atoms with E-state index in [0.717, 1.165) is 30.3 Å². The summed E-state index contributed by atoms with van der Waals surface area (Å²) in [4.78, 5) is 15.1. The monoisotopic (exact) mass is 436 g/mol. The molecule has 1 aromatic heterocycles. The molecule has 1 unspecified atom stereocenters. The Morgan fingerprint density at radius 2 is 1.97 bits per heavy atom. The number of hydrogen-bond donors (Lipinski definition) is 0. The smallest absolute Gasteiger partial charge is 0.236 e. The van der Waals surface area contributed by atoms with E-state index in [1.54, 1.807) is 12.1 Å². The molecule has 1 amide bonds. The van der Waals surface area contributed by atoms with Crippen LogP contribution < -0.4 is 4.74 Å². The maximum atomic E-state index is 13.0. The molecule has 1 atom stereocenters. The second-order valence-corrected chi connectivity index (χ2v) is 9.12. The van der Waals surface area contributed by atoms with Gasteiger partial charge in [-0.05, 0) is 51.0 Å². The quantitative estimate of drug-likeness (QED) is 0.561. The van der Waals surface area contributed by atoms with Gasteiger partial charge in [0.25, 0.3) is 0 Å². The van der Waals surface area contributed by atoms with E-state index < -0.39 is 0 Å². The van der Waals surface area contributed by atoms with Crippen molar-refractivity contribution >= 4 is 29.3 Å². The molecule has 2 aromatic rings. The van der Waals surface area contributed by atoms with Crippen molar-refractivity contribution < 1.29 is 9.53 Å². The fourth-order valence-corrected chi connectivity index (χ4v) is 4.71. The summed E-state index contributed by atoms with van der Waals surface area (Å²) in [6.45, 7) is 5.08. The Hall–Kier alpha value is -1.73. The zero-order chi connectivity index (χ0) is 20.8. The van der Waals surface area contributed by atoms with Gasteiger partial charge in [-0.15, -0.1) is 10.2 Å². The van der Waals surface area contributed by atoms with Crippen LogP contribution in [-0.2, 0) is 18.4 Å². The number of rotatable bonds is 8. The van der Waals surface area contributed by atoms with Crippen molar-refractivity contribution in [1.29, 1.82) is 0 Å². The number of carbonyl (C=O) groups excluding carboxylic acids is 1. The Morgan fingerprint density at radius 1 is 1.28 bits per heavy atom. The number of amides is 1. The van der Waals surface area contributed by atoms with Crippen LogP contribution in [0.4, 0.5) is 0 Å². The first-order valence-corrected chi connectivity index (χ1v) is 11.5. The molecule has 0 aliphatic heterocycles. The van der Waals surface area contributed by atoms with Crippen LogP contribution >= 0.6 is 23.4 Å². The molecule has 3 rings (SSSR count). The van der Waals surface area contributed by atoms with Crippen LogP contribution in [0.3, 0.4) is 0 Å². The number of carbonyl (C=O) groups is 1. The maximum Gasteiger partial charge on any atom is 0.236 e. The van der Waals surface area contributed by atoms with Crippen LogP contribution in [0.1, 0.15) is 51.8 Å². The van der Waals surface area contributed by atoms with E-state index in [1.165, 1.54) is 31.0 Å². The van der Waals surface area contributed by atoms with E-state index in [4.69, 9.17) is 16.3 Å². The van der Waals surface area contributed by atoms with Gasteiger partial charge in [-0.2, -0.15) is 0 Å². The predicted molar refractivity (Wildman–Crippen MR) is 116 cm³/mol. The second kappa shape index (κ2) is 10.3. The molecule has 0 bridgehead atoms. The highest BCUT2D eigenvalue weighted by atomic mass is 35.5. The third-order valence-corrected chi connectivity index (χ3v) is 6.75. The van der Waals surface area contributed by atoms with Gasteiger partial charge in [0.15, 0.2) is 11.0 Å². The van der Waals surface area contributed by atoms with Crippen molar-refractivity contribution in [1.82, 2.24) is 19.7 Å². The average molecular weight is 437 g/mol. The van der Waals surface area contributed by atoms with Gasteiger partial charge in [-0.1, -0.05) is 42.6 Å². The minimum atomic E-state index is -0.204. The topological polar surface area (TPSA) is 60.3 Å². The molecule has 1 fully saturated rings. The van der Waals surface area contributed by atoms with Crippen LogP contribution in [0.25, 0.3) is 0 Å². The number of benzene rings is 1. The fraction of sp³-hybridized carbons (Fsp3) is 0.571. The SMILES string of the molecule is CCN(C(=O)C(C)Sc1nnc(COc2ccc(Cl)cc2)n1C)C1CCCCC1. The molecular weight excluding hydrogens is 408 g/mol. The Kier molecular flexibility index (Phi) is 7.84. The molecule has 0 N–H and O–H groups in total. The van der Waals surface area contributed by atoms with Gasteiger partial charge < -0.3 is 14.2 Å². The van der Waals surface area contributed by atoms with Crippen molar-refractivity contribution in [2.45, 2.75) is 69.0 Å². The summed E-state index contributed by atoms with van der Waals surface area (Å²) in [7, 11) is 1.90. The zero-order valence-corrected chi connectivity index (χ0v) is 18.9. The molecule has 0 spiro atoms. The zero-order valence-electron chi connectivity index (χ0n) is 17.3. The van der Waals surface area contributed by atoms with Crippen LogP contribution in [0.5, 0.6) is 5.75 Å². The van der Waals surface area contributed by atoms with Crippen molar-refractivity contribution in [3.05, 3.63) is 35.1 Å². The van der Waals surface area contributed by atoms with Crippen LogP contribution in [0, 0.1) is 0 Å². The van der Waals surface area contributed by atoms with E-state index >= 15 is 0 Å². The van der Waals surface area contributed by atoms with Gasteiger partial charge in [0, 0.05) is 24.7 Å². The third-order valence-electron chi connectivity index (χ3n) is 5.38. The van der Waals surface area contributed by atoms with Crippen molar-refractivity contribution in [3.8, 4) is 5.75 Å². The summed E-state index contributed by atoms with van der Waals surface area (Å²) < 4.78 is 7.65. The molecule has 1 aromatic carbocycles. The highest BCUT2D eigenvalue weighted by Crippen LogP contribution is 2.27. The fourth-order valence-electron chi connectivity index (χ4n) is 3.68. The molecule has 1 saturated carbocycles. The molecule has 158 valence electrons. The van der Waals surface area contributed by atoms with Crippen LogP contribution in [-0.4, -0.2) is 43.4 Å². The number of hydrogen-bond acceptors (Lipinski definition) is 5. The molecule has 1 aliphatic carbocycles. The molecule has 6 nitrogen and oxygen atoms in total. The number of thioether (sulfide) groups is 1. The van der Waals surface area contributed by atoms with Gasteiger partial charge in [-0.25, -0.2) is 0 Å². The summed E-state index contributed by atoms with van der Waals surface area (Å²) in [5.41, 5.74) is 0. The first kappa shape index (κ1) is 22.0. The van der Waals surface area contributed by atoms with E-state index in [2.05, 4.69) is 22.0 Å². The summed E-state index contributed by atoms with van der Waals surface area (Å²) >= 11 is 7.35. The summed E-state index contributed by atoms with van der Waals surface area (Å²) in [6.07, 6.45) is 5.96. The van der Waals surface area contributed by atoms with Crippen LogP contribution in [0.15, 0.2) is 29.4 Å². The molecule has 29 heavy (non-hydrogen) atoms. The largest absolute Gasteiger partial charge is 0.486 e. The lowest BCUT2D eigenvalue weighted by molar-refractivity contribution is -0.133. The van der Waals surface area contributed by atoms with Gasteiger partial charge in [0.1, 0.15) is 12.4 Å². The molecule has 8 heteroatoms. The van der Waals surface area contributed by atoms with E-state index in [1.807, 2.05) is 30.7 Å². The van der Waals surface area contributed by atoms with E-state index in [9.17, 15) is 4.79 Å². The lowest BCUT2D eigenvalue weighted by Gasteiger charge is -2.35. The first-order valence-electron chi connectivity index (χ1n) is 10.2. The molecule has 1 heterocycles. The van der Waals surface area contributed by atoms with Crippen molar-refractivity contribution in [2.75, 3.05) is 6.54 Å². The van der Waals surface area contributed by atoms with E-state index in [0.29, 0.717) is 23.5 Å². The summed E-state index contributed by atoms with van der Waals surface area (Å²) in [5.74, 6) is 1.62. The van der Waals surface area contributed by atoms with Gasteiger partial charge >= 0.3 is 0 Å². The normalized spacial score (nSPS) is 15.9. The number of nitrogens with zero attached hydrogens (tertiary/aromatic N) is 4. The maximum absolute atomic E-state index is 13.0. The van der Waals surface area contributed by atoms with Crippen molar-refractivity contribution in [2.24, 2.45) is 7.05 Å². The molecule has 0 saturated heterocycles. The average Bonchev–Trinajstić information content (AvgIpc) is 3.08. The summed E-state index contributed by atoms with van der Waals surface area (Å²) in [6, 6.07) is 7.59. The summed E-state index contributed by atoms with van der Waals surface area (Å²) in [5, 5.41) is 9.69. The van der Waals surface area contributed by atoms with Gasteiger partial charge in [0.05, 0.1) is 5.25 Å². The Morgan fingerprint density at radius 3 is 2.62 bits per heavy atom. The molecule has 1 aliphatic rings. The molecule has 0 radical (unpaired) electrons. The number of halogens is 1. The standard InChI is InChI=1S/C21H29ClN4O2S/c1-4-26(17-8-6-5-7-9-17)20(27)15(2)29-21-24-23-19(25(21)3)14-28-18-12-10-16(22)11-13-18/h10-13,15,17H,4-9,14H2,1-3H3. The second-order valence-electron chi connectivity index (χ2n) is 7.38. The van der Waals surface area contributed by atoms with Gasteiger partial charge in [0.2, 0.25) is 5.91 Å². The lowest BCUT2D eigenvalue weighted by atomic mass is 9.94. The van der Waals surface area contributed by atoms with Crippen LogP contribution in [0.2, 0.25) is 5.02 Å². The Balaban J connectivity index is 1.59. The minimum absolute atomic E-state index is 0.186. The first-order chi connectivity index (χ1) is 14.0. The number of aromatic nitrogens is 3. The molecular formula is C21H29ClN4O2S. The Labute approximate surface area is 182 Å². The predicted octanol–water partition coefficient (Wildman–Crippen LogP) is 4.71. The van der Waals surface area contributed by atoms with E-state index in [-0.39, 0.29) is 11.2 Å². The minimum Gasteiger partial charge on any atom is -0.486 e. The Bertz CT molecular complexity index is 806. The van der Waals surface area contributed by atoms with Gasteiger partial charge in [-0.3, -0.25) is 4.79 Å². The highest BCUT2D eigenvalue weighted by molar-refractivity contribution is 8.00. The van der Waals surface area contributed by atoms with Crippen molar-refractivity contribution in [3.63, 3.8) is 0 Å². The number of ether oxygens (including phenoxy) is 1. The highest BCUT2D eigenvalue weighted by Gasteiger charge is 2.29.